The molecule has 0 amide bonds. The molecule has 0 atom stereocenters. The fourth-order valence-corrected chi connectivity index (χ4v) is 2.20. The van der Waals surface area contributed by atoms with Crippen molar-refractivity contribution < 1.29 is 0 Å². The lowest BCUT2D eigenvalue weighted by Gasteiger charge is -2.31. The molecule has 3 heteroatoms. The predicted octanol–water partition coefficient (Wildman–Crippen LogP) is 2.86. The summed E-state index contributed by atoms with van der Waals surface area (Å²) in [6.45, 7) is 9.92. The average Bonchev–Trinajstić information content (AvgIpc) is 2.29. The summed E-state index contributed by atoms with van der Waals surface area (Å²) in [6.07, 6.45) is 6.25. The van der Waals surface area contributed by atoms with E-state index in [0.717, 1.165) is 37.4 Å². The molecule has 1 heterocycles. The van der Waals surface area contributed by atoms with Gasteiger partial charge in [-0.3, -0.25) is 4.99 Å². The maximum absolute atomic E-state index is 6.01. The second kappa shape index (κ2) is 7.57. The Kier molecular flexibility index (Phi) is 6.38. The van der Waals surface area contributed by atoms with Crippen LogP contribution in [-0.2, 0) is 0 Å². The highest BCUT2D eigenvalue weighted by Gasteiger charge is 2.16. The second-order valence-corrected chi connectivity index (χ2v) is 5.80. The first-order valence-electron chi connectivity index (χ1n) is 7.14. The molecule has 2 N–H and O–H groups in total. The summed E-state index contributed by atoms with van der Waals surface area (Å²) >= 11 is 0. The van der Waals surface area contributed by atoms with Crippen LogP contribution < -0.4 is 5.73 Å². The summed E-state index contributed by atoms with van der Waals surface area (Å²) in [6, 6.07) is 0. The summed E-state index contributed by atoms with van der Waals surface area (Å²) in [5.74, 6) is 2.42. The van der Waals surface area contributed by atoms with Crippen LogP contribution in [-0.4, -0.2) is 30.5 Å². The maximum atomic E-state index is 6.01. The molecule has 1 rings (SSSR count). The van der Waals surface area contributed by atoms with Gasteiger partial charge in [-0.2, -0.15) is 0 Å². The van der Waals surface area contributed by atoms with Crippen LogP contribution in [0.3, 0.4) is 0 Å². The molecule has 1 fully saturated rings. The van der Waals surface area contributed by atoms with Gasteiger partial charge in [0.15, 0.2) is 5.96 Å². The monoisotopic (exact) mass is 239 g/mol. The minimum absolute atomic E-state index is 0.765. The van der Waals surface area contributed by atoms with Crippen molar-refractivity contribution in [2.24, 2.45) is 22.6 Å². The molecule has 0 aromatic carbocycles. The summed E-state index contributed by atoms with van der Waals surface area (Å²) in [5, 5.41) is 0. The van der Waals surface area contributed by atoms with Crippen molar-refractivity contribution >= 4 is 5.96 Å². The van der Waals surface area contributed by atoms with E-state index in [9.17, 15) is 0 Å². The number of hydrogen-bond acceptors (Lipinski definition) is 1. The quantitative estimate of drug-likeness (QED) is 0.455. The number of rotatable bonds is 5. The average molecular weight is 239 g/mol. The zero-order chi connectivity index (χ0) is 12.7. The predicted molar refractivity (Wildman–Crippen MR) is 75.1 cm³/mol. The van der Waals surface area contributed by atoms with Gasteiger partial charge in [-0.1, -0.05) is 33.6 Å². The van der Waals surface area contributed by atoms with Crippen molar-refractivity contribution in [3.8, 4) is 0 Å². The van der Waals surface area contributed by atoms with E-state index >= 15 is 0 Å². The number of hydrogen-bond donors (Lipinski definition) is 1. The first-order valence-corrected chi connectivity index (χ1v) is 7.14. The summed E-state index contributed by atoms with van der Waals surface area (Å²) < 4.78 is 0. The molecule has 0 spiro atoms. The SMILES string of the molecule is CC(C)CCCCN=C(N)N1CCC(C)CC1. The molecule has 0 bridgehead atoms. The standard InChI is InChI=1S/C14H29N3/c1-12(2)6-4-5-9-16-14(15)17-10-7-13(3)8-11-17/h12-13H,4-11H2,1-3H3,(H2,15,16). The molecule has 0 unspecified atom stereocenters. The van der Waals surface area contributed by atoms with E-state index < -0.39 is 0 Å². The Hall–Kier alpha value is -0.730. The highest BCUT2D eigenvalue weighted by Crippen LogP contribution is 2.15. The van der Waals surface area contributed by atoms with Crippen LogP contribution in [0.15, 0.2) is 4.99 Å². The molecule has 100 valence electrons. The normalized spacial score (nSPS) is 19.1. The molecule has 3 nitrogen and oxygen atoms in total. The third kappa shape index (κ3) is 5.94. The molecular formula is C14H29N3. The molecule has 0 aliphatic carbocycles. The van der Waals surface area contributed by atoms with E-state index in [0.29, 0.717) is 0 Å². The lowest BCUT2D eigenvalue weighted by Crippen LogP contribution is -2.42. The molecule has 0 aromatic rings. The maximum Gasteiger partial charge on any atom is 0.191 e. The summed E-state index contributed by atoms with van der Waals surface area (Å²) in [4.78, 5) is 6.73. The molecule has 1 saturated heterocycles. The highest BCUT2D eigenvalue weighted by molar-refractivity contribution is 5.78. The van der Waals surface area contributed by atoms with Gasteiger partial charge < -0.3 is 10.6 Å². The van der Waals surface area contributed by atoms with Crippen LogP contribution >= 0.6 is 0 Å². The summed E-state index contributed by atoms with van der Waals surface area (Å²) in [5.41, 5.74) is 6.01. The van der Waals surface area contributed by atoms with E-state index in [4.69, 9.17) is 5.73 Å². The number of piperidine rings is 1. The Morgan fingerprint density at radius 3 is 2.53 bits per heavy atom. The fourth-order valence-electron chi connectivity index (χ4n) is 2.20. The highest BCUT2D eigenvalue weighted by atomic mass is 15.3. The topological polar surface area (TPSA) is 41.6 Å². The van der Waals surface area contributed by atoms with Crippen LogP contribution in [0.4, 0.5) is 0 Å². The van der Waals surface area contributed by atoms with Gasteiger partial charge in [-0.05, 0) is 31.1 Å². The first kappa shape index (κ1) is 14.3. The molecular weight excluding hydrogens is 210 g/mol. The van der Waals surface area contributed by atoms with Gasteiger partial charge in [0, 0.05) is 19.6 Å². The van der Waals surface area contributed by atoms with Crippen LogP contribution in [0.1, 0.15) is 52.9 Å². The zero-order valence-electron chi connectivity index (χ0n) is 11.8. The summed E-state index contributed by atoms with van der Waals surface area (Å²) in [7, 11) is 0. The molecule has 0 radical (unpaired) electrons. The smallest absolute Gasteiger partial charge is 0.191 e. The van der Waals surface area contributed by atoms with E-state index in [1.807, 2.05) is 0 Å². The third-order valence-corrected chi connectivity index (χ3v) is 3.57. The molecule has 1 aliphatic heterocycles. The third-order valence-electron chi connectivity index (χ3n) is 3.57. The Balaban J connectivity index is 2.15. The Morgan fingerprint density at radius 1 is 1.29 bits per heavy atom. The fraction of sp³-hybridized carbons (Fsp3) is 0.929. The number of nitrogens with two attached hydrogens (primary N) is 1. The van der Waals surface area contributed by atoms with Crippen molar-refractivity contribution in [1.82, 2.24) is 4.90 Å². The Morgan fingerprint density at radius 2 is 1.94 bits per heavy atom. The zero-order valence-corrected chi connectivity index (χ0v) is 11.8. The lowest BCUT2D eigenvalue weighted by atomic mass is 10.00. The van der Waals surface area contributed by atoms with Crippen molar-refractivity contribution in [3.05, 3.63) is 0 Å². The van der Waals surface area contributed by atoms with Crippen molar-refractivity contribution in [2.75, 3.05) is 19.6 Å². The van der Waals surface area contributed by atoms with E-state index in [1.54, 1.807) is 0 Å². The van der Waals surface area contributed by atoms with Gasteiger partial charge >= 0.3 is 0 Å². The van der Waals surface area contributed by atoms with Crippen LogP contribution in [0, 0.1) is 11.8 Å². The minimum Gasteiger partial charge on any atom is -0.370 e. The largest absolute Gasteiger partial charge is 0.370 e. The van der Waals surface area contributed by atoms with E-state index in [-0.39, 0.29) is 0 Å². The number of nitrogens with zero attached hydrogens (tertiary/aromatic N) is 2. The lowest BCUT2D eigenvalue weighted by molar-refractivity contribution is 0.277. The van der Waals surface area contributed by atoms with Crippen LogP contribution in [0.25, 0.3) is 0 Å². The molecule has 1 aliphatic rings. The first-order chi connectivity index (χ1) is 8.09. The van der Waals surface area contributed by atoms with E-state index in [1.165, 1.54) is 32.1 Å². The Labute approximate surface area is 106 Å². The number of unbranched alkanes of at least 4 members (excludes halogenated alkanes) is 1. The van der Waals surface area contributed by atoms with Gasteiger partial charge in [-0.15, -0.1) is 0 Å². The number of guanidine groups is 1. The van der Waals surface area contributed by atoms with Gasteiger partial charge in [0.2, 0.25) is 0 Å². The van der Waals surface area contributed by atoms with Crippen LogP contribution in [0.5, 0.6) is 0 Å². The second-order valence-electron chi connectivity index (χ2n) is 5.80. The van der Waals surface area contributed by atoms with Gasteiger partial charge in [0.05, 0.1) is 0 Å². The van der Waals surface area contributed by atoms with Crippen molar-refractivity contribution in [2.45, 2.75) is 52.9 Å². The van der Waals surface area contributed by atoms with Gasteiger partial charge in [0.25, 0.3) is 0 Å². The van der Waals surface area contributed by atoms with E-state index in [2.05, 4.69) is 30.7 Å². The number of aliphatic imine (C=N–C) groups is 1. The molecule has 17 heavy (non-hydrogen) atoms. The van der Waals surface area contributed by atoms with Crippen molar-refractivity contribution in [1.29, 1.82) is 0 Å². The van der Waals surface area contributed by atoms with Gasteiger partial charge in [0.1, 0.15) is 0 Å². The van der Waals surface area contributed by atoms with Gasteiger partial charge in [-0.25, -0.2) is 0 Å². The minimum atomic E-state index is 0.765. The Bertz CT molecular complexity index is 228. The van der Waals surface area contributed by atoms with Crippen LogP contribution in [0.2, 0.25) is 0 Å². The number of likely N-dealkylation sites (tertiary alicyclic amines) is 1. The van der Waals surface area contributed by atoms with Crippen molar-refractivity contribution in [3.63, 3.8) is 0 Å². The molecule has 0 saturated carbocycles. The molecule has 0 aromatic heterocycles.